The van der Waals surface area contributed by atoms with E-state index in [1.54, 1.807) is 0 Å². The van der Waals surface area contributed by atoms with Crippen LogP contribution >= 0.6 is 0 Å². The molecule has 0 atom stereocenters. The highest BCUT2D eigenvalue weighted by atomic mass is 14.9. The van der Waals surface area contributed by atoms with Crippen LogP contribution in [0.3, 0.4) is 0 Å². The maximum Gasteiger partial charge on any atom is 0.0262 e. The van der Waals surface area contributed by atoms with Gasteiger partial charge in [0.25, 0.3) is 0 Å². The fourth-order valence-electron chi connectivity index (χ4n) is 1.64. The highest BCUT2D eigenvalue weighted by molar-refractivity contribution is 5.15. The van der Waals surface area contributed by atoms with Crippen molar-refractivity contribution in [2.75, 3.05) is 0 Å². The van der Waals surface area contributed by atoms with Crippen LogP contribution in [-0.4, -0.2) is 4.57 Å². The summed E-state index contributed by atoms with van der Waals surface area (Å²) < 4.78 is 2.28. The zero-order valence-corrected chi connectivity index (χ0v) is 8.48. The summed E-state index contributed by atoms with van der Waals surface area (Å²) in [6.45, 7) is 3.22. The zero-order chi connectivity index (χ0) is 9.80. The molecule has 0 unspecified atom stereocenters. The van der Waals surface area contributed by atoms with E-state index < -0.39 is 0 Å². The summed E-state index contributed by atoms with van der Waals surface area (Å²) in [7, 11) is 0. The lowest BCUT2D eigenvalue weighted by Gasteiger charge is -2.05. The second-order valence-electron chi connectivity index (χ2n) is 3.58. The number of hydrogen-bond acceptors (Lipinski definition) is 0. The number of benzene rings is 1. The molecule has 1 aromatic heterocycles. The molecule has 1 nitrogen and oxygen atoms in total. The number of hydrogen-bond donors (Lipinski definition) is 0. The van der Waals surface area contributed by atoms with Crippen LogP contribution in [0, 0.1) is 6.92 Å². The second kappa shape index (κ2) is 4.14. The van der Waals surface area contributed by atoms with Crippen molar-refractivity contribution >= 4 is 0 Å². The van der Waals surface area contributed by atoms with E-state index >= 15 is 0 Å². The van der Waals surface area contributed by atoms with E-state index in [4.69, 9.17) is 0 Å². The van der Waals surface area contributed by atoms with Crippen LogP contribution < -0.4 is 0 Å². The van der Waals surface area contributed by atoms with Crippen molar-refractivity contribution in [2.24, 2.45) is 0 Å². The predicted molar refractivity (Wildman–Crippen MR) is 59.3 cm³/mol. The summed E-state index contributed by atoms with van der Waals surface area (Å²) in [4.78, 5) is 0. The summed E-state index contributed by atoms with van der Waals surface area (Å²) in [6, 6.07) is 14.9. The third kappa shape index (κ3) is 2.05. The van der Waals surface area contributed by atoms with Crippen molar-refractivity contribution in [1.29, 1.82) is 0 Å². The van der Waals surface area contributed by atoms with Crippen LogP contribution in [0.15, 0.2) is 48.7 Å². The van der Waals surface area contributed by atoms with Gasteiger partial charge < -0.3 is 4.57 Å². The van der Waals surface area contributed by atoms with Crippen molar-refractivity contribution in [3.63, 3.8) is 0 Å². The second-order valence-corrected chi connectivity index (χ2v) is 3.58. The first kappa shape index (κ1) is 9.07. The maximum absolute atomic E-state index is 2.28. The van der Waals surface area contributed by atoms with Crippen LogP contribution in [-0.2, 0) is 13.0 Å². The Hall–Kier alpha value is -1.50. The minimum Gasteiger partial charge on any atom is -0.351 e. The molecule has 0 spiro atoms. The van der Waals surface area contributed by atoms with Crippen LogP contribution in [0.5, 0.6) is 0 Å². The first-order chi connectivity index (χ1) is 6.86. The quantitative estimate of drug-likeness (QED) is 0.692. The monoisotopic (exact) mass is 185 g/mol. The molecule has 0 aliphatic carbocycles. The smallest absolute Gasteiger partial charge is 0.0262 e. The summed E-state index contributed by atoms with van der Waals surface area (Å²) >= 11 is 0. The normalized spacial score (nSPS) is 10.4. The minimum absolute atomic E-state index is 1.07. The topological polar surface area (TPSA) is 4.93 Å². The summed E-state index contributed by atoms with van der Waals surface area (Å²) in [5, 5.41) is 0. The van der Waals surface area contributed by atoms with Crippen LogP contribution in [0.4, 0.5) is 0 Å². The molecule has 0 fully saturated rings. The van der Waals surface area contributed by atoms with E-state index in [0.717, 1.165) is 13.0 Å². The van der Waals surface area contributed by atoms with Gasteiger partial charge in [-0.1, -0.05) is 30.3 Å². The molecular formula is C13H15N. The van der Waals surface area contributed by atoms with Gasteiger partial charge in [0, 0.05) is 18.4 Å². The number of aromatic nitrogens is 1. The highest BCUT2D eigenvalue weighted by Gasteiger charge is 1.95. The van der Waals surface area contributed by atoms with Crippen molar-refractivity contribution in [2.45, 2.75) is 19.9 Å². The Balaban J connectivity index is 1.99. The molecule has 72 valence electrons. The van der Waals surface area contributed by atoms with Gasteiger partial charge in [-0.3, -0.25) is 0 Å². The molecular weight excluding hydrogens is 170 g/mol. The molecule has 0 aliphatic rings. The third-order valence-electron chi connectivity index (χ3n) is 2.54. The average Bonchev–Trinajstić information content (AvgIpc) is 2.63. The molecule has 0 saturated carbocycles. The Morgan fingerprint density at radius 1 is 1.00 bits per heavy atom. The summed E-state index contributed by atoms with van der Waals surface area (Å²) in [5.41, 5.74) is 2.74. The van der Waals surface area contributed by atoms with E-state index in [9.17, 15) is 0 Å². The fraction of sp³-hybridized carbons (Fsp3) is 0.231. The predicted octanol–water partition coefficient (Wildman–Crippen LogP) is 3.04. The molecule has 2 rings (SSSR count). The van der Waals surface area contributed by atoms with Gasteiger partial charge in [-0.15, -0.1) is 0 Å². The highest BCUT2D eigenvalue weighted by Crippen LogP contribution is 2.04. The van der Waals surface area contributed by atoms with Crippen LogP contribution in [0.25, 0.3) is 0 Å². The van der Waals surface area contributed by atoms with E-state index in [1.807, 2.05) is 0 Å². The lowest BCUT2D eigenvalue weighted by Crippen LogP contribution is -2.01. The van der Waals surface area contributed by atoms with Crippen LogP contribution in [0.2, 0.25) is 0 Å². The van der Waals surface area contributed by atoms with Crippen molar-refractivity contribution < 1.29 is 0 Å². The van der Waals surface area contributed by atoms with Gasteiger partial charge in [0.2, 0.25) is 0 Å². The minimum atomic E-state index is 1.07. The molecule has 0 aliphatic heterocycles. The maximum atomic E-state index is 2.28. The Labute approximate surface area is 85.0 Å². The Morgan fingerprint density at radius 2 is 1.79 bits per heavy atom. The van der Waals surface area contributed by atoms with Crippen molar-refractivity contribution in [3.8, 4) is 0 Å². The Bertz CT molecular complexity index is 387. The van der Waals surface area contributed by atoms with Gasteiger partial charge in [-0.05, 0) is 31.0 Å². The Kier molecular flexibility index (Phi) is 2.68. The average molecular weight is 185 g/mol. The van der Waals surface area contributed by atoms with Gasteiger partial charge in [-0.25, -0.2) is 0 Å². The lowest BCUT2D eigenvalue weighted by molar-refractivity contribution is 0.682. The first-order valence-corrected chi connectivity index (χ1v) is 5.02. The zero-order valence-electron chi connectivity index (χ0n) is 8.48. The first-order valence-electron chi connectivity index (χ1n) is 5.02. The Morgan fingerprint density at radius 3 is 2.43 bits per heavy atom. The van der Waals surface area contributed by atoms with Gasteiger partial charge in [0.15, 0.2) is 0 Å². The number of rotatable bonds is 3. The molecule has 0 amide bonds. The lowest BCUT2D eigenvalue weighted by atomic mass is 10.1. The van der Waals surface area contributed by atoms with Gasteiger partial charge >= 0.3 is 0 Å². The molecule has 1 aromatic carbocycles. The van der Waals surface area contributed by atoms with Crippen molar-refractivity contribution in [3.05, 3.63) is 59.9 Å². The molecule has 14 heavy (non-hydrogen) atoms. The summed E-state index contributed by atoms with van der Waals surface area (Å²) in [6.07, 6.45) is 3.24. The van der Waals surface area contributed by atoms with Gasteiger partial charge in [-0.2, -0.15) is 0 Å². The van der Waals surface area contributed by atoms with Crippen LogP contribution in [0.1, 0.15) is 11.3 Å². The SMILES string of the molecule is Cc1cccn1CCc1ccccc1. The van der Waals surface area contributed by atoms with Crippen molar-refractivity contribution in [1.82, 2.24) is 4.57 Å². The third-order valence-corrected chi connectivity index (χ3v) is 2.54. The van der Waals surface area contributed by atoms with E-state index in [1.165, 1.54) is 11.3 Å². The summed E-state index contributed by atoms with van der Waals surface area (Å²) in [5.74, 6) is 0. The molecule has 0 radical (unpaired) electrons. The fourth-order valence-corrected chi connectivity index (χ4v) is 1.64. The van der Waals surface area contributed by atoms with E-state index in [0.29, 0.717) is 0 Å². The molecule has 0 saturated heterocycles. The molecule has 0 N–H and O–H groups in total. The van der Waals surface area contributed by atoms with Gasteiger partial charge in [0.1, 0.15) is 0 Å². The van der Waals surface area contributed by atoms with E-state index in [2.05, 4.69) is 60.2 Å². The number of nitrogens with zero attached hydrogens (tertiary/aromatic N) is 1. The van der Waals surface area contributed by atoms with Gasteiger partial charge in [0.05, 0.1) is 0 Å². The molecule has 2 aromatic rings. The largest absolute Gasteiger partial charge is 0.351 e. The number of aryl methyl sites for hydroxylation is 3. The molecule has 1 heteroatoms. The standard InChI is InChI=1S/C13H15N/c1-12-6-5-10-14(12)11-9-13-7-3-2-4-8-13/h2-8,10H,9,11H2,1H3. The molecule has 0 bridgehead atoms. The molecule has 1 heterocycles. The van der Waals surface area contributed by atoms with E-state index in [-0.39, 0.29) is 0 Å².